The number of allylic oxidation sites excluding steroid dienone is 1. The van der Waals surface area contributed by atoms with Crippen molar-refractivity contribution >= 4 is 0 Å². The Labute approximate surface area is 75.0 Å². The SMILES string of the molecule is C/C=C(/C)COC1CCNCC1. The van der Waals surface area contributed by atoms with E-state index in [-0.39, 0.29) is 0 Å². The van der Waals surface area contributed by atoms with Crippen LogP contribution in [0.1, 0.15) is 26.7 Å². The molecule has 0 aromatic heterocycles. The molecule has 2 heteroatoms. The molecule has 0 aliphatic carbocycles. The normalized spacial score (nSPS) is 21.3. The minimum atomic E-state index is 0.487. The van der Waals surface area contributed by atoms with Gasteiger partial charge in [0, 0.05) is 0 Å². The molecule has 2 nitrogen and oxygen atoms in total. The number of rotatable bonds is 3. The lowest BCUT2D eigenvalue weighted by Crippen LogP contribution is -2.32. The van der Waals surface area contributed by atoms with E-state index in [1.165, 1.54) is 5.57 Å². The molecule has 12 heavy (non-hydrogen) atoms. The molecular weight excluding hydrogens is 150 g/mol. The van der Waals surface area contributed by atoms with E-state index in [4.69, 9.17) is 4.74 Å². The van der Waals surface area contributed by atoms with Gasteiger partial charge in [0.2, 0.25) is 0 Å². The van der Waals surface area contributed by atoms with Gasteiger partial charge in [0.15, 0.2) is 0 Å². The first-order valence-corrected chi connectivity index (χ1v) is 4.77. The van der Waals surface area contributed by atoms with Crippen molar-refractivity contribution in [1.82, 2.24) is 5.32 Å². The highest BCUT2D eigenvalue weighted by atomic mass is 16.5. The van der Waals surface area contributed by atoms with Gasteiger partial charge in [-0.3, -0.25) is 0 Å². The van der Waals surface area contributed by atoms with Gasteiger partial charge in [-0.15, -0.1) is 0 Å². The summed E-state index contributed by atoms with van der Waals surface area (Å²) in [6.07, 6.45) is 4.93. The quantitative estimate of drug-likeness (QED) is 0.649. The summed E-state index contributed by atoms with van der Waals surface area (Å²) in [6, 6.07) is 0. The third kappa shape index (κ3) is 3.37. The summed E-state index contributed by atoms with van der Waals surface area (Å²) in [5.74, 6) is 0. The molecule has 70 valence electrons. The van der Waals surface area contributed by atoms with Gasteiger partial charge < -0.3 is 10.1 Å². The van der Waals surface area contributed by atoms with Crippen molar-refractivity contribution in [1.29, 1.82) is 0 Å². The Hall–Kier alpha value is -0.340. The number of ether oxygens (including phenoxy) is 1. The predicted molar refractivity (Wildman–Crippen MR) is 51.3 cm³/mol. The molecule has 1 rings (SSSR count). The van der Waals surface area contributed by atoms with Crippen molar-refractivity contribution in [3.05, 3.63) is 11.6 Å². The minimum Gasteiger partial charge on any atom is -0.374 e. The fraction of sp³-hybridized carbons (Fsp3) is 0.800. The molecule has 0 amide bonds. The highest BCUT2D eigenvalue weighted by Crippen LogP contribution is 2.08. The standard InChI is InChI=1S/C10H19NO/c1-3-9(2)8-12-10-4-6-11-7-5-10/h3,10-11H,4-8H2,1-2H3/b9-3-. The molecular formula is C10H19NO. The molecule has 0 unspecified atom stereocenters. The van der Waals surface area contributed by atoms with Crippen molar-refractivity contribution in [3.8, 4) is 0 Å². The summed E-state index contributed by atoms with van der Waals surface area (Å²) in [7, 11) is 0. The van der Waals surface area contributed by atoms with E-state index >= 15 is 0 Å². The molecule has 0 atom stereocenters. The number of piperidine rings is 1. The largest absolute Gasteiger partial charge is 0.374 e. The minimum absolute atomic E-state index is 0.487. The first-order valence-electron chi connectivity index (χ1n) is 4.77. The second-order valence-corrected chi connectivity index (χ2v) is 3.40. The monoisotopic (exact) mass is 169 g/mol. The van der Waals surface area contributed by atoms with E-state index in [1.807, 2.05) is 0 Å². The van der Waals surface area contributed by atoms with Gasteiger partial charge in [0.25, 0.3) is 0 Å². The maximum Gasteiger partial charge on any atom is 0.0677 e. The molecule has 0 radical (unpaired) electrons. The zero-order chi connectivity index (χ0) is 8.81. The van der Waals surface area contributed by atoms with Crippen LogP contribution in [0.3, 0.4) is 0 Å². The Morgan fingerprint density at radius 1 is 1.50 bits per heavy atom. The van der Waals surface area contributed by atoms with Crippen molar-refractivity contribution in [2.75, 3.05) is 19.7 Å². The second-order valence-electron chi connectivity index (χ2n) is 3.40. The summed E-state index contributed by atoms with van der Waals surface area (Å²) in [5, 5.41) is 3.32. The zero-order valence-corrected chi connectivity index (χ0v) is 8.10. The van der Waals surface area contributed by atoms with Crippen LogP contribution < -0.4 is 5.32 Å². The first-order chi connectivity index (χ1) is 5.83. The average Bonchev–Trinajstić information content (AvgIpc) is 2.16. The molecule has 0 bridgehead atoms. The summed E-state index contributed by atoms with van der Waals surface area (Å²) >= 11 is 0. The van der Waals surface area contributed by atoms with Gasteiger partial charge in [-0.2, -0.15) is 0 Å². The van der Waals surface area contributed by atoms with E-state index in [2.05, 4.69) is 25.2 Å². The van der Waals surface area contributed by atoms with Crippen LogP contribution in [0.15, 0.2) is 11.6 Å². The smallest absolute Gasteiger partial charge is 0.0677 e. The maximum absolute atomic E-state index is 5.73. The van der Waals surface area contributed by atoms with Crippen LogP contribution in [0.4, 0.5) is 0 Å². The highest BCUT2D eigenvalue weighted by molar-refractivity contribution is 4.95. The van der Waals surface area contributed by atoms with Gasteiger partial charge >= 0.3 is 0 Å². The van der Waals surface area contributed by atoms with Crippen LogP contribution in [0.2, 0.25) is 0 Å². The van der Waals surface area contributed by atoms with Crippen molar-refractivity contribution in [3.63, 3.8) is 0 Å². The summed E-state index contributed by atoms with van der Waals surface area (Å²) in [5.41, 5.74) is 1.33. The average molecular weight is 169 g/mol. The number of nitrogens with one attached hydrogen (secondary N) is 1. The molecule has 0 aromatic carbocycles. The van der Waals surface area contributed by atoms with Crippen LogP contribution in [0.5, 0.6) is 0 Å². The van der Waals surface area contributed by atoms with Gasteiger partial charge in [0.05, 0.1) is 12.7 Å². The first kappa shape index (κ1) is 9.75. The molecule has 1 saturated heterocycles. The summed E-state index contributed by atoms with van der Waals surface area (Å²) in [6.45, 7) is 7.20. The van der Waals surface area contributed by atoms with Crippen molar-refractivity contribution in [2.45, 2.75) is 32.8 Å². The molecule has 1 aliphatic heterocycles. The third-order valence-corrected chi connectivity index (χ3v) is 2.33. The van der Waals surface area contributed by atoms with Crippen LogP contribution in [0, 0.1) is 0 Å². The molecule has 1 aliphatic rings. The van der Waals surface area contributed by atoms with Gasteiger partial charge in [-0.25, -0.2) is 0 Å². The Kier molecular flexibility index (Phi) is 4.33. The van der Waals surface area contributed by atoms with Gasteiger partial charge in [-0.05, 0) is 39.8 Å². The summed E-state index contributed by atoms with van der Waals surface area (Å²) < 4.78 is 5.73. The van der Waals surface area contributed by atoms with Crippen LogP contribution in [0.25, 0.3) is 0 Å². The Morgan fingerprint density at radius 2 is 2.17 bits per heavy atom. The predicted octanol–water partition coefficient (Wildman–Crippen LogP) is 1.72. The lowest BCUT2D eigenvalue weighted by Gasteiger charge is -2.22. The van der Waals surface area contributed by atoms with Crippen molar-refractivity contribution < 1.29 is 4.74 Å². The Balaban J connectivity index is 2.13. The Morgan fingerprint density at radius 3 is 2.75 bits per heavy atom. The topological polar surface area (TPSA) is 21.3 Å². The number of hydrogen-bond donors (Lipinski definition) is 1. The fourth-order valence-electron chi connectivity index (χ4n) is 1.29. The molecule has 0 aromatic rings. The number of hydrogen-bond acceptors (Lipinski definition) is 2. The van der Waals surface area contributed by atoms with Crippen LogP contribution in [-0.4, -0.2) is 25.8 Å². The Bertz CT molecular complexity index is 148. The molecule has 1 N–H and O–H groups in total. The maximum atomic E-state index is 5.73. The van der Waals surface area contributed by atoms with Gasteiger partial charge in [-0.1, -0.05) is 11.6 Å². The second kappa shape index (κ2) is 5.33. The van der Waals surface area contributed by atoms with Crippen LogP contribution in [-0.2, 0) is 4.74 Å². The highest BCUT2D eigenvalue weighted by Gasteiger charge is 2.12. The van der Waals surface area contributed by atoms with E-state index in [9.17, 15) is 0 Å². The lowest BCUT2D eigenvalue weighted by atomic mass is 10.1. The van der Waals surface area contributed by atoms with E-state index in [1.54, 1.807) is 0 Å². The summed E-state index contributed by atoms with van der Waals surface area (Å²) in [4.78, 5) is 0. The zero-order valence-electron chi connectivity index (χ0n) is 8.10. The van der Waals surface area contributed by atoms with E-state index in [0.717, 1.165) is 32.5 Å². The van der Waals surface area contributed by atoms with Crippen molar-refractivity contribution in [2.24, 2.45) is 0 Å². The van der Waals surface area contributed by atoms with Gasteiger partial charge in [0.1, 0.15) is 0 Å². The molecule has 0 saturated carbocycles. The van der Waals surface area contributed by atoms with E-state index in [0.29, 0.717) is 6.10 Å². The lowest BCUT2D eigenvalue weighted by molar-refractivity contribution is 0.0475. The fourth-order valence-corrected chi connectivity index (χ4v) is 1.29. The molecule has 1 fully saturated rings. The third-order valence-electron chi connectivity index (χ3n) is 2.33. The van der Waals surface area contributed by atoms with E-state index < -0.39 is 0 Å². The van der Waals surface area contributed by atoms with Crippen LogP contribution >= 0.6 is 0 Å². The molecule has 0 spiro atoms. The molecule has 1 heterocycles.